The van der Waals surface area contributed by atoms with Crippen molar-refractivity contribution >= 4 is 5.91 Å². The van der Waals surface area contributed by atoms with Crippen LogP contribution in [0.15, 0.2) is 43.0 Å². The Hall–Kier alpha value is -2.51. The fourth-order valence-electron chi connectivity index (χ4n) is 3.12. The van der Waals surface area contributed by atoms with Gasteiger partial charge in [0.25, 0.3) is 5.91 Å². The van der Waals surface area contributed by atoms with Crippen molar-refractivity contribution in [2.45, 2.75) is 30.6 Å². The number of para-hydroxylation sites is 1. The molecule has 0 saturated heterocycles. The Balaban J connectivity index is 1.84. The van der Waals surface area contributed by atoms with Crippen LogP contribution in [0.5, 0.6) is 5.75 Å². The molecule has 1 aliphatic carbocycles. The zero-order chi connectivity index (χ0) is 17.1. The molecule has 24 heavy (non-hydrogen) atoms. The zero-order valence-electron chi connectivity index (χ0n) is 13.2. The highest BCUT2D eigenvalue weighted by Crippen LogP contribution is 2.35. The van der Waals surface area contributed by atoms with Crippen LogP contribution < -0.4 is 10.1 Å². The number of ether oxygens (including phenoxy) is 1. The van der Waals surface area contributed by atoms with Gasteiger partial charge in [0.05, 0.1) is 24.8 Å². The third-order valence-corrected chi connectivity index (χ3v) is 4.35. The molecule has 126 valence electrons. The van der Waals surface area contributed by atoms with Gasteiger partial charge >= 0.3 is 0 Å². The van der Waals surface area contributed by atoms with Gasteiger partial charge in [0.2, 0.25) is 0 Å². The molecule has 1 heterocycles. The van der Waals surface area contributed by atoms with E-state index in [1.54, 1.807) is 36.7 Å². The maximum atomic E-state index is 12.6. The minimum atomic E-state index is -1.06. The Morgan fingerprint density at radius 1 is 1.25 bits per heavy atom. The Kier molecular flexibility index (Phi) is 4.73. The molecule has 0 bridgehead atoms. The molecule has 7 nitrogen and oxygen atoms in total. The number of benzene rings is 1. The number of hydrogen-bond donors (Lipinski definition) is 3. The van der Waals surface area contributed by atoms with Gasteiger partial charge < -0.3 is 20.3 Å². The summed E-state index contributed by atoms with van der Waals surface area (Å²) in [5, 5.41) is 23.1. The number of aliphatic hydroxyl groups is 2. The molecule has 1 aromatic heterocycles. The minimum absolute atomic E-state index is 0.269. The van der Waals surface area contributed by atoms with Gasteiger partial charge in [0, 0.05) is 18.3 Å². The summed E-state index contributed by atoms with van der Waals surface area (Å²) in [6.07, 6.45) is 3.01. The normalized spacial score (nSPS) is 26.1. The molecule has 1 amide bonds. The van der Waals surface area contributed by atoms with E-state index in [9.17, 15) is 15.0 Å². The van der Waals surface area contributed by atoms with Crippen molar-refractivity contribution in [1.29, 1.82) is 0 Å². The van der Waals surface area contributed by atoms with E-state index < -0.39 is 18.2 Å². The first-order valence-electron chi connectivity index (χ1n) is 7.66. The molecule has 0 radical (unpaired) electrons. The summed E-state index contributed by atoms with van der Waals surface area (Å²) in [4.78, 5) is 20.5. The smallest absolute Gasteiger partial charge is 0.255 e. The lowest BCUT2D eigenvalue weighted by Crippen LogP contribution is -2.45. The van der Waals surface area contributed by atoms with Crippen molar-refractivity contribution in [3.05, 3.63) is 54.1 Å². The molecule has 0 spiro atoms. The topological polar surface area (TPSA) is 105 Å². The highest BCUT2D eigenvalue weighted by atomic mass is 16.5. The maximum Gasteiger partial charge on any atom is 0.255 e. The number of carbonyl (C=O) groups excluding carboxylic acids is 1. The summed E-state index contributed by atoms with van der Waals surface area (Å²) in [5.74, 6) is -0.190. The zero-order valence-corrected chi connectivity index (χ0v) is 13.2. The van der Waals surface area contributed by atoms with Crippen LogP contribution in [0.25, 0.3) is 0 Å². The number of hydrogen-bond acceptors (Lipinski definition) is 6. The summed E-state index contributed by atoms with van der Waals surface area (Å²) in [5.41, 5.74) is 1.13. The summed E-state index contributed by atoms with van der Waals surface area (Å²) in [6, 6.07) is 6.21. The molecular formula is C17H19N3O4. The van der Waals surface area contributed by atoms with E-state index in [0.717, 1.165) is 5.56 Å². The van der Waals surface area contributed by atoms with Crippen molar-refractivity contribution in [2.24, 2.45) is 0 Å². The van der Waals surface area contributed by atoms with E-state index in [1.807, 2.05) is 0 Å². The van der Waals surface area contributed by atoms with Gasteiger partial charge in [-0.3, -0.25) is 4.79 Å². The number of amides is 1. The van der Waals surface area contributed by atoms with Crippen LogP contribution in [0, 0.1) is 0 Å². The highest BCUT2D eigenvalue weighted by Gasteiger charge is 2.43. The second-order valence-corrected chi connectivity index (χ2v) is 5.77. The first-order chi connectivity index (χ1) is 11.6. The molecule has 7 heteroatoms. The Labute approximate surface area is 139 Å². The molecule has 0 unspecified atom stereocenters. The lowest BCUT2D eigenvalue weighted by atomic mass is 9.95. The number of nitrogens with zero attached hydrogens (tertiary/aromatic N) is 2. The van der Waals surface area contributed by atoms with Gasteiger partial charge in [-0.05, 0) is 24.1 Å². The predicted molar refractivity (Wildman–Crippen MR) is 85.7 cm³/mol. The van der Waals surface area contributed by atoms with Gasteiger partial charge in [0.15, 0.2) is 0 Å². The maximum absolute atomic E-state index is 12.6. The lowest BCUT2D eigenvalue weighted by molar-refractivity contribution is 0.0294. The van der Waals surface area contributed by atoms with E-state index in [0.29, 0.717) is 17.7 Å². The van der Waals surface area contributed by atoms with Gasteiger partial charge in [-0.15, -0.1) is 0 Å². The van der Waals surface area contributed by atoms with E-state index in [4.69, 9.17) is 4.74 Å². The van der Waals surface area contributed by atoms with Gasteiger partial charge in [-0.2, -0.15) is 0 Å². The number of carbonyl (C=O) groups is 1. The van der Waals surface area contributed by atoms with Crippen molar-refractivity contribution in [3.8, 4) is 5.75 Å². The summed E-state index contributed by atoms with van der Waals surface area (Å²) in [6.45, 7) is 0. The van der Waals surface area contributed by atoms with Crippen LogP contribution in [0.4, 0.5) is 0 Å². The first kappa shape index (κ1) is 16.4. The monoisotopic (exact) mass is 329 g/mol. The number of aromatic nitrogens is 2. The van der Waals surface area contributed by atoms with E-state index in [1.165, 1.54) is 13.4 Å². The number of rotatable bonds is 4. The SMILES string of the molecule is COc1ccccc1C(=O)N[C@H]1[C@H](O)[C@H](O)C[C@@H]1c1cncnc1. The van der Waals surface area contributed by atoms with Gasteiger partial charge in [-0.25, -0.2) is 9.97 Å². The first-order valence-corrected chi connectivity index (χ1v) is 7.66. The minimum Gasteiger partial charge on any atom is -0.496 e. The molecule has 1 fully saturated rings. The number of methoxy groups -OCH3 is 1. The average molecular weight is 329 g/mol. The summed E-state index contributed by atoms with van der Waals surface area (Å²) < 4.78 is 5.20. The Morgan fingerprint density at radius 2 is 1.96 bits per heavy atom. The lowest BCUT2D eigenvalue weighted by Gasteiger charge is -2.23. The van der Waals surface area contributed by atoms with Crippen LogP contribution in [0.3, 0.4) is 0 Å². The Bertz CT molecular complexity index is 710. The number of aliphatic hydroxyl groups excluding tert-OH is 2. The third-order valence-electron chi connectivity index (χ3n) is 4.35. The number of nitrogens with one attached hydrogen (secondary N) is 1. The van der Waals surface area contributed by atoms with Crippen molar-refractivity contribution in [2.75, 3.05) is 7.11 Å². The molecular weight excluding hydrogens is 310 g/mol. The standard InChI is InChI=1S/C17H19N3O4/c1-24-14-5-3-2-4-11(14)17(23)20-15-12(6-13(21)16(15)22)10-7-18-9-19-8-10/h2-5,7-9,12-13,15-16,21-22H,6H2,1H3,(H,20,23)/t12-,13-,15-,16-/m1/s1. The fraction of sp³-hybridized carbons (Fsp3) is 0.353. The Morgan fingerprint density at radius 3 is 2.67 bits per heavy atom. The third kappa shape index (κ3) is 3.08. The molecule has 0 aliphatic heterocycles. The predicted octanol–water partition coefficient (Wildman–Crippen LogP) is 0.493. The van der Waals surface area contributed by atoms with Crippen LogP contribution in [-0.2, 0) is 0 Å². The molecule has 1 aliphatic rings. The van der Waals surface area contributed by atoms with Gasteiger partial charge in [-0.1, -0.05) is 12.1 Å². The average Bonchev–Trinajstić information content (AvgIpc) is 2.90. The highest BCUT2D eigenvalue weighted by molar-refractivity contribution is 5.97. The fourth-order valence-corrected chi connectivity index (χ4v) is 3.12. The van der Waals surface area contributed by atoms with Crippen LogP contribution in [0.1, 0.15) is 28.3 Å². The van der Waals surface area contributed by atoms with Crippen molar-refractivity contribution in [1.82, 2.24) is 15.3 Å². The summed E-state index contributed by atoms with van der Waals surface area (Å²) >= 11 is 0. The van der Waals surface area contributed by atoms with Gasteiger partial charge in [0.1, 0.15) is 18.2 Å². The van der Waals surface area contributed by atoms with Crippen molar-refractivity contribution < 1.29 is 19.7 Å². The summed E-state index contributed by atoms with van der Waals surface area (Å²) in [7, 11) is 1.49. The molecule has 1 aromatic carbocycles. The van der Waals surface area contributed by atoms with Crippen molar-refractivity contribution in [3.63, 3.8) is 0 Å². The quantitative estimate of drug-likeness (QED) is 0.754. The largest absolute Gasteiger partial charge is 0.496 e. The van der Waals surface area contributed by atoms with E-state index in [-0.39, 0.29) is 11.8 Å². The van der Waals surface area contributed by atoms with Crippen LogP contribution >= 0.6 is 0 Å². The molecule has 3 rings (SSSR count). The molecule has 3 N–H and O–H groups in total. The van der Waals surface area contributed by atoms with E-state index in [2.05, 4.69) is 15.3 Å². The van der Waals surface area contributed by atoms with Crippen LogP contribution in [-0.4, -0.2) is 51.4 Å². The molecule has 2 aromatic rings. The molecule has 1 saturated carbocycles. The molecule has 4 atom stereocenters. The second-order valence-electron chi connectivity index (χ2n) is 5.77. The second kappa shape index (κ2) is 6.94. The van der Waals surface area contributed by atoms with E-state index >= 15 is 0 Å². The van der Waals surface area contributed by atoms with Crippen LogP contribution in [0.2, 0.25) is 0 Å².